The molecule has 0 saturated carbocycles. The molecular weight excluding hydrogens is 363 g/mol. The van der Waals surface area contributed by atoms with Gasteiger partial charge in [0.25, 0.3) is 5.91 Å². The monoisotopic (exact) mass is 384 g/mol. The Bertz CT molecular complexity index is 908. The zero-order valence-corrected chi connectivity index (χ0v) is 15.3. The van der Waals surface area contributed by atoms with Crippen LogP contribution in [0.5, 0.6) is 5.75 Å². The quantitative estimate of drug-likeness (QED) is 0.653. The number of hydrogen-bond donors (Lipinski definition) is 0. The summed E-state index contributed by atoms with van der Waals surface area (Å²) in [6, 6.07) is 9.16. The van der Waals surface area contributed by atoms with E-state index in [4.69, 9.17) is 9.15 Å². The molecule has 146 valence electrons. The Morgan fingerprint density at radius 1 is 1.25 bits per heavy atom. The molecule has 1 atom stereocenters. The molecule has 3 heterocycles. The Morgan fingerprint density at radius 2 is 2.11 bits per heavy atom. The van der Waals surface area contributed by atoms with E-state index in [9.17, 15) is 9.18 Å². The first-order valence-corrected chi connectivity index (χ1v) is 9.28. The topological polar surface area (TPSA) is 73.4 Å². The van der Waals surface area contributed by atoms with Crippen LogP contribution in [0.15, 0.2) is 53.2 Å². The van der Waals surface area contributed by atoms with Gasteiger partial charge >= 0.3 is 0 Å². The first kappa shape index (κ1) is 18.2. The van der Waals surface area contributed by atoms with Crippen LogP contribution in [0.2, 0.25) is 0 Å². The van der Waals surface area contributed by atoms with Crippen LogP contribution in [0.4, 0.5) is 4.39 Å². The first-order chi connectivity index (χ1) is 13.7. The minimum absolute atomic E-state index is 0.115. The molecule has 0 spiro atoms. The maximum absolute atomic E-state index is 12.9. The number of amides is 1. The fourth-order valence-corrected chi connectivity index (χ4v) is 3.40. The first-order valence-electron chi connectivity index (χ1n) is 9.28. The van der Waals surface area contributed by atoms with E-state index in [-0.39, 0.29) is 18.3 Å². The highest BCUT2D eigenvalue weighted by Crippen LogP contribution is 2.21. The fraction of sp³-hybridized carbons (Fsp3) is 0.350. The van der Waals surface area contributed by atoms with E-state index in [0.717, 1.165) is 25.9 Å². The number of ether oxygens (including phenoxy) is 1. The molecule has 1 aromatic carbocycles. The lowest BCUT2D eigenvalue weighted by atomic mass is 9.98. The predicted molar refractivity (Wildman–Crippen MR) is 98.1 cm³/mol. The molecule has 8 heteroatoms. The van der Waals surface area contributed by atoms with Crippen molar-refractivity contribution in [2.75, 3.05) is 13.1 Å². The number of carbonyl (C=O) groups is 1. The van der Waals surface area contributed by atoms with Crippen molar-refractivity contribution in [3.8, 4) is 5.75 Å². The molecular formula is C20H21FN4O3. The van der Waals surface area contributed by atoms with Gasteiger partial charge in [-0.25, -0.2) is 4.39 Å². The third-order valence-electron chi connectivity index (χ3n) is 4.79. The van der Waals surface area contributed by atoms with E-state index in [1.54, 1.807) is 35.1 Å². The molecule has 4 rings (SSSR count). The molecule has 3 aromatic rings. The van der Waals surface area contributed by atoms with E-state index in [0.29, 0.717) is 29.7 Å². The van der Waals surface area contributed by atoms with Gasteiger partial charge in [0.1, 0.15) is 23.9 Å². The van der Waals surface area contributed by atoms with Gasteiger partial charge in [-0.05, 0) is 55.2 Å². The fourth-order valence-electron chi connectivity index (χ4n) is 3.40. The number of likely N-dealkylation sites (tertiary alicyclic amines) is 1. The molecule has 7 nitrogen and oxygen atoms in total. The van der Waals surface area contributed by atoms with Crippen molar-refractivity contribution in [1.29, 1.82) is 0 Å². The molecule has 1 unspecified atom stereocenters. The van der Waals surface area contributed by atoms with Crippen molar-refractivity contribution in [2.24, 2.45) is 5.92 Å². The second-order valence-corrected chi connectivity index (χ2v) is 6.89. The lowest BCUT2D eigenvalue weighted by molar-refractivity contribution is 0.0623. The van der Waals surface area contributed by atoms with Crippen LogP contribution in [0.25, 0.3) is 0 Å². The summed E-state index contributed by atoms with van der Waals surface area (Å²) in [5.41, 5.74) is 0. The summed E-state index contributed by atoms with van der Waals surface area (Å²) in [5.74, 6) is 1.30. The van der Waals surface area contributed by atoms with Crippen LogP contribution in [0.3, 0.4) is 0 Å². The smallest absolute Gasteiger partial charge is 0.289 e. The van der Waals surface area contributed by atoms with Crippen LogP contribution in [-0.4, -0.2) is 38.9 Å². The maximum atomic E-state index is 12.9. The highest BCUT2D eigenvalue weighted by molar-refractivity contribution is 5.91. The Kier molecular flexibility index (Phi) is 5.36. The number of carbonyl (C=O) groups excluding carboxylic acids is 1. The largest absolute Gasteiger partial charge is 0.486 e. The number of nitrogens with zero attached hydrogens (tertiary/aromatic N) is 4. The Balaban J connectivity index is 1.33. The van der Waals surface area contributed by atoms with E-state index in [1.807, 2.05) is 11.1 Å². The molecule has 0 bridgehead atoms. The van der Waals surface area contributed by atoms with Crippen molar-refractivity contribution in [1.82, 2.24) is 19.9 Å². The van der Waals surface area contributed by atoms with Crippen LogP contribution in [0.1, 0.15) is 29.2 Å². The second-order valence-electron chi connectivity index (χ2n) is 6.89. The predicted octanol–water partition coefficient (Wildman–Crippen LogP) is 3.14. The molecule has 0 aliphatic carbocycles. The highest BCUT2D eigenvalue weighted by Gasteiger charge is 2.26. The van der Waals surface area contributed by atoms with Gasteiger partial charge < -0.3 is 14.1 Å². The third kappa shape index (κ3) is 4.39. The standard InChI is InChI=1S/C20H21FN4O3/c21-16-3-5-17(6-4-16)27-14-18-7-8-19(28-18)20(26)24-10-1-2-15(12-24)13-25-11-9-22-23-25/h3-9,11,15H,1-2,10,12-14H2. The molecule has 1 aliphatic heterocycles. The number of aromatic nitrogens is 3. The summed E-state index contributed by atoms with van der Waals surface area (Å²) >= 11 is 0. The Morgan fingerprint density at radius 3 is 2.89 bits per heavy atom. The average Bonchev–Trinajstić information content (AvgIpc) is 3.39. The van der Waals surface area contributed by atoms with Gasteiger partial charge in [0.2, 0.25) is 0 Å². The minimum atomic E-state index is -0.318. The SMILES string of the molecule is O=C(c1ccc(COc2ccc(F)cc2)o1)N1CCCC(Cn2ccnn2)C1. The number of rotatable bonds is 6. The summed E-state index contributed by atoms with van der Waals surface area (Å²) in [7, 11) is 0. The van der Waals surface area contributed by atoms with Crippen molar-refractivity contribution >= 4 is 5.91 Å². The van der Waals surface area contributed by atoms with Gasteiger partial charge in [-0.1, -0.05) is 5.21 Å². The van der Waals surface area contributed by atoms with Crippen LogP contribution >= 0.6 is 0 Å². The molecule has 1 amide bonds. The zero-order valence-electron chi connectivity index (χ0n) is 15.3. The van der Waals surface area contributed by atoms with Crippen LogP contribution in [-0.2, 0) is 13.2 Å². The van der Waals surface area contributed by atoms with Gasteiger partial charge in [-0.2, -0.15) is 0 Å². The Labute approximate surface area is 161 Å². The molecule has 2 aromatic heterocycles. The van der Waals surface area contributed by atoms with Gasteiger partial charge in [0.05, 0.1) is 6.20 Å². The molecule has 1 fully saturated rings. The number of hydrogen-bond acceptors (Lipinski definition) is 5. The van der Waals surface area contributed by atoms with Gasteiger partial charge in [-0.3, -0.25) is 9.48 Å². The number of benzene rings is 1. The minimum Gasteiger partial charge on any atom is -0.486 e. The third-order valence-corrected chi connectivity index (χ3v) is 4.79. The molecule has 1 aliphatic rings. The normalized spacial score (nSPS) is 16.9. The van der Waals surface area contributed by atoms with Gasteiger partial charge in [0, 0.05) is 25.8 Å². The summed E-state index contributed by atoms with van der Waals surface area (Å²) in [6.07, 6.45) is 5.50. The molecule has 1 saturated heterocycles. The number of piperidine rings is 1. The van der Waals surface area contributed by atoms with Crippen molar-refractivity contribution in [3.05, 3.63) is 66.1 Å². The summed E-state index contributed by atoms with van der Waals surface area (Å²) in [6.45, 7) is 2.31. The Hall–Kier alpha value is -3.16. The van der Waals surface area contributed by atoms with Crippen LogP contribution < -0.4 is 4.74 Å². The number of furan rings is 1. The second kappa shape index (κ2) is 8.24. The van der Waals surface area contributed by atoms with Crippen LogP contribution in [0, 0.1) is 11.7 Å². The molecule has 28 heavy (non-hydrogen) atoms. The van der Waals surface area contributed by atoms with Crippen molar-refractivity contribution in [2.45, 2.75) is 26.0 Å². The summed E-state index contributed by atoms with van der Waals surface area (Å²) in [4.78, 5) is 14.6. The lowest BCUT2D eigenvalue weighted by Gasteiger charge is -2.32. The van der Waals surface area contributed by atoms with Gasteiger partial charge in [0.15, 0.2) is 5.76 Å². The average molecular weight is 384 g/mol. The number of halogens is 1. The van der Waals surface area contributed by atoms with Crippen molar-refractivity contribution < 1.29 is 18.3 Å². The summed E-state index contributed by atoms with van der Waals surface area (Å²) < 4.78 is 26.0. The lowest BCUT2D eigenvalue weighted by Crippen LogP contribution is -2.41. The summed E-state index contributed by atoms with van der Waals surface area (Å²) in [5, 5.41) is 7.82. The van der Waals surface area contributed by atoms with Gasteiger partial charge in [-0.15, -0.1) is 5.10 Å². The van der Waals surface area contributed by atoms with E-state index in [2.05, 4.69) is 10.3 Å². The van der Waals surface area contributed by atoms with Crippen molar-refractivity contribution in [3.63, 3.8) is 0 Å². The maximum Gasteiger partial charge on any atom is 0.289 e. The highest BCUT2D eigenvalue weighted by atomic mass is 19.1. The molecule has 0 radical (unpaired) electrons. The van der Waals surface area contributed by atoms with E-state index in [1.165, 1.54) is 12.1 Å². The molecule has 0 N–H and O–H groups in total. The zero-order chi connectivity index (χ0) is 19.3. The van der Waals surface area contributed by atoms with E-state index >= 15 is 0 Å². The van der Waals surface area contributed by atoms with E-state index < -0.39 is 0 Å².